The topological polar surface area (TPSA) is 75.4 Å². The fourth-order valence-electron chi connectivity index (χ4n) is 1.98. The molecular weight excluding hydrogens is 282 g/mol. The Kier molecular flexibility index (Phi) is 4.32. The summed E-state index contributed by atoms with van der Waals surface area (Å²) in [5.74, 6) is -2.55. The molecule has 0 amide bonds. The van der Waals surface area contributed by atoms with Crippen molar-refractivity contribution in [1.29, 1.82) is 0 Å². The van der Waals surface area contributed by atoms with Gasteiger partial charge in [-0.2, -0.15) is 5.10 Å². The first-order valence-corrected chi connectivity index (χ1v) is 6.32. The highest BCUT2D eigenvalue weighted by Crippen LogP contribution is 2.20. The summed E-state index contributed by atoms with van der Waals surface area (Å²) >= 11 is 0. The predicted octanol–water partition coefficient (Wildman–Crippen LogP) is 2.08. The van der Waals surface area contributed by atoms with Gasteiger partial charge in [0.1, 0.15) is 17.3 Å². The molecule has 0 spiro atoms. The molecule has 7 heteroatoms. The van der Waals surface area contributed by atoms with Gasteiger partial charge >= 0.3 is 5.97 Å². The molecule has 0 fully saturated rings. The molecule has 0 saturated carbocycles. The number of aliphatic hydroxyl groups is 1. The van der Waals surface area contributed by atoms with Gasteiger partial charge in [-0.3, -0.25) is 0 Å². The number of nitrogens with zero attached hydrogens (tertiary/aromatic N) is 2. The summed E-state index contributed by atoms with van der Waals surface area (Å²) in [6, 6.07) is 2.00. The zero-order chi connectivity index (χ0) is 15.6. The Balaban J connectivity index is 2.49. The molecular formula is C14H14F2N2O3. The number of aryl methyl sites for hydroxylation is 2. The summed E-state index contributed by atoms with van der Waals surface area (Å²) in [4.78, 5) is 11.1. The maximum absolute atomic E-state index is 13.9. The van der Waals surface area contributed by atoms with Crippen LogP contribution in [0.5, 0.6) is 0 Å². The smallest absolute Gasteiger partial charge is 0.356 e. The van der Waals surface area contributed by atoms with Crippen molar-refractivity contribution in [3.8, 4) is 5.69 Å². The first-order valence-electron chi connectivity index (χ1n) is 6.32. The molecule has 112 valence electrons. The van der Waals surface area contributed by atoms with Crippen molar-refractivity contribution in [2.45, 2.75) is 19.8 Å². The lowest BCUT2D eigenvalue weighted by atomic mass is 10.1. The molecule has 2 rings (SSSR count). The van der Waals surface area contributed by atoms with Crippen molar-refractivity contribution < 1.29 is 23.8 Å². The Morgan fingerprint density at radius 3 is 2.67 bits per heavy atom. The average Bonchev–Trinajstić information content (AvgIpc) is 2.84. The second kappa shape index (κ2) is 6.01. The van der Waals surface area contributed by atoms with Gasteiger partial charge in [0.25, 0.3) is 0 Å². The highest BCUT2D eigenvalue weighted by molar-refractivity contribution is 5.87. The number of hydrogen-bond acceptors (Lipinski definition) is 3. The molecule has 1 heterocycles. The number of aliphatic hydroxyl groups excluding tert-OH is 1. The number of aromatic nitrogens is 2. The summed E-state index contributed by atoms with van der Waals surface area (Å²) in [7, 11) is 0. The quantitative estimate of drug-likeness (QED) is 0.886. The average molecular weight is 296 g/mol. The molecule has 1 aromatic heterocycles. The molecule has 5 nitrogen and oxygen atoms in total. The van der Waals surface area contributed by atoms with Crippen LogP contribution >= 0.6 is 0 Å². The molecule has 0 radical (unpaired) electrons. The van der Waals surface area contributed by atoms with Gasteiger partial charge in [-0.05, 0) is 31.4 Å². The Hall–Kier alpha value is -2.28. The second-order valence-corrected chi connectivity index (χ2v) is 4.63. The summed E-state index contributed by atoms with van der Waals surface area (Å²) < 4.78 is 28.5. The fourth-order valence-corrected chi connectivity index (χ4v) is 1.98. The Labute approximate surface area is 119 Å². The van der Waals surface area contributed by atoms with Crippen molar-refractivity contribution >= 4 is 5.97 Å². The first kappa shape index (κ1) is 15.1. The number of carboxylic acids is 1. The van der Waals surface area contributed by atoms with Crippen LogP contribution in [0.25, 0.3) is 5.69 Å². The minimum Gasteiger partial charge on any atom is -0.476 e. The molecule has 0 aliphatic carbocycles. The van der Waals surface area contributed by atoms with Crippen molar-refractivity contribution in [2.24, 2.45) is 0 Å². The van der Waals surface area contributed by atoms with Gasteiger partial charge in [-0.15, -0.1) is 0 Å². The number of hydrogen-bond donors (Lipinski definition) is 2. The zero-order valence-electron chi connectivity index (χ0n) is 11.3. The van der Waals surface area contributed by atoms with E-state index in [1.54, 1.807) is 0 Å². The van der Waals surface area contributed by atoms with E-state index in [1.807, 2.05) is 0 Å². The number of aromatic carboxylic acids is 1. The van der Waals surface area contributed by atoms with Crippen LogP contribution in [0.1, 0.15) is 28.0 Å². The summed E-state index contributed by atoms with van der Waals surface area (Å²) in [5.41, 5.74) is 0.124. The van der Waals surface area contributed by atoms with E-state index < -0.39 is 17.6 Å². The number of halogens is 2. The number of carboxylic acid groups (broad SMARTS) is 1. The molecule has 0 bridgehead atoms. The van der Waals surface area contributed by atoms with E-state index in [4.69, 9.17) is 10.2 Å². The van der Waals surface area contributed by atoms with Crippen LogP contribution in [0.2, 0.25) is 0 Å². The predicted molar refractivity (Wildman–Crippen MR) is 70.6 cm³/mol. The van der Waals surface area contributed by atoms with E-state index in [1.165, 1.54) is 13.1 Å². The summed E-state index contributed by atoms with van der Waals surface area (Å²) in [5, 5.41) is 21.7. The van der Waals surface area contributed by atoms with Gasteiger partial charge in [-0.1, -0.05) is 0 Å². The van der Waals surface area contributed by atoms with Gasteiger partial charge in [0.15, 0.2) is 5.69 Å². The van der Waals surface area contributed by atoms with Crippen LogP contribution in [0, 0.1) is 18.6 Å². The van der Waals surface area contributed by atoms with Crippen LogP contribution < -0.4 is 0 Å². The SMILES string of the molecule is Cc1cc(F)c(-n2cc(CCCO)c(C(=O)O)n2)cc1F. The molecule has 0 unspecified atom stereocenters. The molecule has 1 aromatic carbocycles. The molecule has 2 aromatic rings. The van der Waals surface area contributed by atoms with E-state index in [2.05, 4.69) is 5.10 Å². The molecule has 0 aliphatic rings. The lowest BCUT2D eigenvalue weighted by Crippen LogP contribution is -2.04. The third kappa shape index (κ3) is 3.08. The molecule has 0 aliphatic heterocycles. The maximum atomic E-state index is 13.9. The largest absolute Gasteiger partial charge is 0.476 e. The highest BCUT2D eigenvalue weighted by Gasteiger charge is 2.18. The fraction of sp³-hybridized carbons (Fsp3) is 0.286. The Bertz CT molecular complexity index is 683. The van der Waals surface area contributed by atoms with Crippen molar-refractivity contribution in [1.82, 2.24) is 9.78 Å². The standard InChI is InChI=1S/C14H14F2N2O3/c1-8-5-11(16)12(6-10(8)15)18-7-9(3-2-4-19)13(17-18)14(20)21/h5-7,19H,2-4H2,1H3,(H,20,21). The first-order chi connectivity index (χ1) is 9.93. The lowest BCUT2D eigenvalue weighted by molar-refractivity contribution is 0.0688. The van der Waals surface area contributed by atoms with Gasteiger partial charge < -0.3 is 10.2 Å². The number of rotatable bonds is 5. The van der Waals surface area contributed by atoms with E-state index in [9.17, 15) is 13.6 Å². The van der Waals surface area contributed by atoms with Crippen LogP contribution in [-0.4, -0.2) is 32.6 Å². The van der Waals surface area contributed by atoms with Crippen LogP contribution in [0.15, 0.2) is 18.3 Å². The third-order valence-corrected chi connectivity index (χ3v) is 3.07. The summed E-state index contributed by atoms with van der Waals surface area (Å²) in [6.07, 6.45) is 1.98. The highest BCUT2D eigenvalue weighted by atomic mass is 19.1. The molecule has 21 heavy (non-hydrogen) atoms. The van der Waals surface area contributed by atoms with Crippen molar-refractivity contribution in [3.63, 3.8) is 0 Å². The number of benzene rings is 1. The Morgan fingerprint density at radius 2 is 2.05 bits per heavy atom. The minimum absolute atomic E-state index is 0.0994. The van der Waals surface area contributed by atoms with E-state index in [0.717, 1.165) is 16.8 Å². The molecule has 0 atom stereocenters. The van der Waals surface area contributed by atoms with Crippen LogP contribution in [0.3, 0.4) is 0 Å². The lowest BCUT2D eigenvalue weighted by Gasteiger charge is -2.05. The van der Waals surface area contributed by atoms with Crippen LogP contribution in [-0.2, 0) is 6.42 Å². The van der Waals surface area contributed by atoms with Gasteiger partial charge in [-0.25, -0.2) is 18.3 Å². The van der Waals surface area contributed by atoms with Crippen molar-refractivity contribution in [2.75, 3.05) is 6.61 Å². The normalized spacial score (nSPS) is 10.9. The van der Waals surface area contributed by atoms with E-state index >= 15 is 0 Å². The van der Waals surface area contributed by atoms with E-state index in [-0.39, 0.29) is 30.0 Å². The molecule has 2 N–H and O–H groups in total. The Morgan fingerprint density at radius 1 is 1.33 bits per heavy atom. The zero-order valence-corrected chi connectivity index (χ0v) is 11.3. The minimum atomic E-state index is -1.25. The maximum Gasteiger partial charge on any atom is 0.356 e. The third-order valence-electron chi connectivity index (χ3n) is 3.07. The van der Waals surface area contributed by atoms with Gasteiger partial charge in [0.2, 0.25) is 0 Å². The molecule has 0 saturated heterocycles. The van der Waals surface area contributed by atoms with Gasteiger partial charge in [0.05, 0.1) is 0 Å². The van der Waals surface area contributed by atoms with Gasteiger partial charge in [0, 0.05) is 24.4 Å². The van der Waals surface area contributed by atoms with E-state index in [0.29, 0.717) is 12.0 Å². The van der Waals surface area contributed by atoms with Crippen molar-refractivity contribution in [3.05, 3.63) is 46.8 Å². The monoisotopic (exact) mass is 296 g/mol. The second-order valence-electron chi connectivity index (χ2n) is 4.63. The summed E-state index contributed by atoms with van der Waals surface area (Å²) in [6.45, 7) is 1.33. The number of carbonyl (C=O) groups is 1. The van der Waals surface area contributed by atoms with Crippen LogP contribution in [0.4, 0.5) is 8.78 Å².